The van der Waals surface area contributed by atoms with E-state index < -0.39 is 0 Å². The summed E-state index contributed by atoms with van der Waals surface area (Å²) in [6.45, 7) is 2.00. The molecule has 1 unspecified atom stereocenters. The molecular weight excluding hydrogens is 270 g/mol. The van der Waals surface area contributed by atoms with Crippen molar-refractivity contribution >= 4 is 29.3 Å². The van der Waals surface area contributed by atoms with Gasteiger partial charge >= 0.3 is 0 Å². The molecule has 0 aromatic heterocycles. The van der Waals surface area contributed by atoms with Gasteiger partial charge in [0.05, 0.1) is 5.56 Å². The van der Waals surface area contributed by atoms with Crippen molar-refractivity contribution in [1.29, 1.82) is 0 Å². The molecule has 0 heterocycles. The van der Waals surface area contributed by atoms with Crippen LogP contribution in [0.15, 0.2) is 18.2 Å². The van der Waals surface area contributed by atoms with E-state index in [-0.39, 0.29) is 23.3 Å². The fourth-order valence-electron chi connectivity index (χ4n) is 1.55. The van der Waals surface area contributed by atoms with E-state index in [0.717, 1.165) is 12.2 Å². The van der Waals surface area contributed by atoms with E-state index in [1.807, 2.05) is 13.2 Å². The molecule has 1 amide bonds. The number of phenols is 1. The van der Waals surface area contributed by atoms with Gasteiger partial charge < -0.3 is 10.0 Å². The van der Waals surface area contributed by atoms with Gasteiger partial charge in [-0.3, -0.25) is 4.79 Å². The fraction of sp³-hybridized carbons (Fsp3) is 0.462. The summed E-state index contributed by atoms with van der Waals surface area (Å²) in [5.41, 5.74) is 0.251. The normalized spacial score (nSPS) is 12.2. The van der Waals surface area contributed by atoms with Gasteiger partial charge in [0, 0.05) is 18.1 Å². The molecule has 0 saturated heterocycles. The Morgan fingerprint density at radius 3 is 2.83 bits per heavy atom. The number of hydrogen-bond donors (Lipinski definition) is 1. The smallest absolute Gasteiger partial charge is 0.257 e. The van der Waals surface area contributed by atoms with Crippen molar-refractivity contribution in [3.05, 3.63) is 28.8 Å². The SMILES string of the molecule is CSCCC(C)N(C)C(=O)c1cc(Cl)ccc1O. The van der Waals surface area contributed by atoms with Crippen LogP contribution in [0.3, 0.4) is 0 Å². The number of thioether (sulfide) groups is 1. The number of benzene rings is 1. The third-order valence-corrected chi connectivity index (χ3v) is 3.79. The van der Waals surface area contributed by atoms with Gasteiger partial charge in [-0.1, -0.05) is 11.6 Å². The molecule has 0 fully saturated rings. The molecule has 5 heteroatoms. The van der Waals surface area contributed by atoms with Crippen molar-refractivity contribution < 1.29 is 9.90 Å². The maximum absolute atomic E-state index is 12.2. The summed E-state index contributed by atoms with van der Waals surface area (Å²) in [4.78, 5) is 13.9. The number of nitrogens with zero attached hydrogens (tertiary/aromatic N) is 1. The van der Waals surface area contributed by atoms with Crippen molar-refractivity contribution in [2.75, 3.05) is 19.1 Å². The van der Waals surface area contributed by atoms with Gasteiger partial charge in [0.15, 0.2) is 0 Å². The molecule has 1 rings (SSSR count). The number of halogens is 1. The highest BCUT2D eigenvalue weighted by molar-refractivity contribution is 7.98. The van der Waals surface area contributed by atoms with Gasteiger partial charge in [-0.25, -0.2) is 0 Å². The topological polar surface area (TPSA) is 40.5 Å². The fourth-order valence-corrected chi connectivity index (χ4v) is 2.30. The van der Waals surface area contributed by atoms with Gasteiger partial charge in [-0.05, 0) is 43.6 Å². The summed E-state index contributed by atoms with van der Waals surface area (Å²) in [7, 11) is 1.74. The second kappa shape index (κ2) is 6.90. The van der Waals surface area contributed by atoms with Crippen LogP contribution in [0.1, 0.15) is 23.7 Å². The van der Waals surface area contributed by atoms with Crippen LogP contribution in [0.4, 0.5) is 0 Å². The summed E-state index contributed by atoms with van der Waals surface area (Å²) >= 11 is 7.60. The first-order chi connectivity index (χ1) is 8.47. The monoisotopic (exact) mass is 287 g/mol. The highest BCUT2D eigenvalue weighted by Crippen LogP contribution is 2.23. The van der Waals surface area contributed by atoms with Crippen molar-refractivity contribution in [2.24, 2.45) is 0 Å². The average Bonchev–Trinajstić information content (AvgIpc) is 2.37. The molecule has 0 aliphatic rings. The minimum Gasteiger partial charge on any atom is -0.507 e. The number of rotatable bonds is 5. The Morgan fingerprint density at radius 1 is 1.56 bits per heavy atom. The zero-order valence-electron chi connectivity index (χ0n) is 10.8. The number of carbonyl (C=O) groups excluding carboxylic acids is 1. The maximum atomic E-state index is 12.2. The lowest BCUT2D eigenvalue weighted by Crippen LogP contribution is -2.35. The number of amides is 1. The van der Waals surface area contributed by atoms with Crippen LogP contribution in [-0.2, 0) is 0 Å². The lowest BCUT2D eigenvalue weighted by Gasteiger charge is -2.25. The quantitative estimate of drug-likeness (QED) is 0.904. The van der Waals surface area contributed by atoms with E-state index in [9.17, 15) is 9.90 Å². The molecule has 0 spiro atoms. The van der Waals surface area contributed by atoms with Crippen LogP contribution in [0, 0.1) is 0 Å². The van der Waals surface area contributed by atoms with Gasteiger partial charge in [-0.15, -0.1) is 0 Å². The molecule has 1 aromatic rings. The molecule has 0 bridgehead atoms. The molecule has 1 aromatic carbocycles. The summed E-state index contributed by atoms with van der Waals surface area (Å²) in [6.07, 6.45) is 2.96. The molecular formula is C13H18ClNO2S. The Hall–Kier alpha value is -0.870. The van der Waals surface area contributed by atoms with Crippen LogP contribution in [-0.4, -0.2) is 41.0 Å². The summed E-state index contributed by atoms with van der Waals surface area (Å²) in [6, 6.07) is 4.63. The number of aromatic hydroxyl groups is 1. The zero-order chi connectivity index (χ0) is 13.7. The van der Waals surface area contributed by atoms with Crippen LogP contribution >= 0.6 is 23.4 Å². The predicted molar refractivity (Wildman–Crippen MR) is 77.7 cm³/mol. The van der Waals surface area contributed by atoms with Gasteiger partial charge in [0.2, 0.25) is 0 Å². The van der Waals surface area contributed by atoms with E-state index in [4.69, 9.17) is 11.6 Å². The van der Waals surface area contributed by atoms with Crippen molar-refractivity contribution in [3.63, 3.8) is 0 Å². The maximum Gasteiger partial charge on any atom is 0.257 e. The standard InChI is InChI=1S/C13H18ClNO2S/c1-9(6-7-18-3)15(2)13(17)11-8-10(14)4-5-12(11)16/h4-5,8-9,16H,6-7H2,1-3H3. The Morgan fingerprint density at radius 2 is 2.22 bits per heavy atom. The number of carbonyl (C=O) groups is 1. The third kappa shape index (κ3) is 3.82. The first-order valence-corrected chi connectivity index (χ1v) is 7.49. The van der Waals surface area contributed by atoms with Crippen LogP contribution in [0.5, 0.6) is 5.75 Å². The Kier molecular flexibility index (Phi) is 5.82. The molecule has 3 nitrogen and oxygen atoms in total. The van der Waals surface area contributed by atoms with Gasteiger partial charge in [0.25, 0.3) is 5.91 Å². The van der Waals surface area contributed by atoms with Gasteiger partial charge in [-0.2, -0.15) is 11.8 Å². The molecule has 0 radical (unpaired) electrons. The first kappa shape index (κ1) is 15.2. The molecule has 0 saturated carbocycles. The predicted octanol–water partition coefficient (Wildman–Crippen LogP) is 3.26. The number of phenolic OH excluding ortho intramolecular Hbond substituents is 1. The highest BCUT2D eigenvalue weighted by atomic mass is 35.5. The first-order valence-electron chi connectivity index (χ1n) is 5.72. The Bertz CT molecular complexity index is 425. The van der Waals surface area contributed by atoms with E-state index >= 15 is 0 Å². The van der Waals surface area contributed by atoms with E-state index in [1.165, 1.54) is 12.1 Å². The van der Waals surface area contributed by atoms with Crippen molar-refractivity contribution in [1.82, 2.24) is 4.90 Å². The lowest BCUT2D eigenvalue weighted by molar-refractivity contribution is 0.0738. The average molecular weight is 288 g/mol. The summed E-state index contributed by atoms with van der Waals surface area (Å²) in [5.74, 6) is 0.761. The second-order valence-corrected chi connectivity index (χ2v) is 5.63. The van der Waals surface area contributed by atoms with Crippen LogP contribution < -0.4 is 0 Å². The summed E-state index contributed by atoms with van der Waals surface area (Å²) in [5, 5.41) is 10.1. The Balaban J connectivity index is 2.82. The van der Waals surface area contributed by atoms with Crippen LogP contribution in [0.25, 0.3) is 0 Å². The lowest BCUT2D eigenvalue weighted by atomic mass is 10.1. The minimum atomic E-state index is -0.205. The second-order valence-electron chi connectivity index (χ2n) is 4.21. The molecule has 18 heavy (non-hydrogen) atoms. The largest absolute Gasteiger partial charge is 0.507 e. The van der Waals surface area contributed by atoms with E-state index in [1.54, 1.807) is 29.8 Å². The third-order valence-electron chi connectivity index (χ3n) is 2.91. The minimum absolute atomic E-state index is 0.0340. The van der Waals surface area contributed by atoms with Gasteiger partial charge in [0.1, 0.15) is 5.75 Å². The molecule has 1 atom stereocenters. The molecule has 0 aliphatic carbocycles. The highest BCUT2D eigenvalue weighted by Gasteiger charge is 2.20. The molecule has 0 aliphatic heterocycles. The van der Waals surface area contributed by atoms with Crippen LogP contribution in [0.2, 0.25) is 5.02 Å². The summed E-state index contributed by atoms with van der Waals surface area (Å²) < 4.78 is 0. The van der Waals surface area contributed by atoms with Crippen molar-refractivity contribution in [3.8, 4) is 5.75 Å². The zero-order valence-corrected chi connectivity index (χ0v) is 12.4. The van der Waals surface area contributed by atoms with E-state index in [2.05, 4.69) is 0 Å². The number of hydrogen-bond acceptors (Lipinski definition) is 3. The Labute approximate surface area is 117 Å². The van der Waals surface area contributed by atoms with Crippen molar-refractivity contribution in [2.45, 2.75) is 19.4 Å². The van der Waals surface area contributed by atoms with E-state index in [0.29, 0.717) is 5.02 Å². The molecule has 100 valence electrons. The molecule has 1 N–H and O–H groups in total.